The molecule has 0 spiro atoms. The highest BCUT2D eigenvalue weighted by molar-refractivity contribution is 7.17. The zero-order chi connectivity index (χ0) is 18.1. The number of hydrogen-bond acceptors (Lipinski definition) is 5. The van der Waals surface area contributed by atoms with Gasteiger partial charge in [-0.15, -0.1) is 5.10 Å². The maximum atomic E-state index is 10.9. The Morgan fingerprint density at radius 2 is 1.96 bits per heavy atom. The first-order chi connectivity index (χ1) is 12.7. The van der Waals surface area contributed by atoms with Gasteiger partial charge in [-0.25, -0.2) is 4.98 Å². The van der Waals surface area contributed by atoms with Crippen molar-refractivity contribution in [3.63, 3.8) is 0 Å². The summed E-state index contributed by atoms with van der Waals surface area (Å²) >= 11 is 1.55. The van der Waals surface area contributed by atoms with Gasteiger partial charge in [0.05, 0.1) is 20.2 Å². The first-order valence-corrected chi connectivity index (χ1v) is 10.1. The first kappa shape index (κ1) is 17.3. The lowest BCUT2D eigenvalue weighted by atomic mass is 10.0. The van der Waals surface area contributed by atoms with E-state index in [1.165, 1.54) is 29.7 Å². The third kappa shape index (κ3) is 3.05. The fourth-order valence-corrected chi connectivity index (χ4v) is 4.95. The highest BCUT2D eigenvalue weighted by atomic mass is 32.1. The van der Waals surface area contributed by atoms with Gasteiger partial charge in [-0.2, -0.15) is 4.52 Å². The Balaban J connectivity index is 1.78. The fraction of sp³-hybridized carbons (Fsp3) is 0.474. The molecule has 0 amide bonds. The molecule has 26 heavy (non-hydrogen) atoms. The number of hydrogen-bond donors (Lipinski definition) is 2. The molecule has 2 N–H and O–H groups in total. The summed E-state index contributed by atoms with van der Waals surface area (Å²) in [5.74, 6) is 1.85. The lowest BCUT2D eigenvalue weighted by molar-refractivity contribution is -0.929. The van der Waals surface area contributed by atoms with E-state index in [0.717, 1.165) is 40.9 Å². The molecular weight excluding hydrogens is 348 g/mol. The molecule has 3 aromatic rings. The molecule has 4 rings (SSSR count). The number of nitrogens with zero attached hydrogens (tertiary/aromatic N) is 3. The van der Waals surface area contributed by atoms with Gasteiger partial charge in [0.2, 0.25) is 10.8 Å². The maximum absolute atomic E-state index is 10.9. The minimum Gasteiger partial charge on any atom is -0.497 e. The molecular formula is C19H25N4O2S+. The van der Waals surface area contributed by atoms with Crippen LogP contribution in [0.4, 0.5) is 0 Å². The van der Waals surface area contributed by atoms with Crippen LogP contribution in [0.5, 0.6) is 11.6 Å². The summed E-state index contributed by atoms with van der Waals surface area (Å²) in [6.45, 7) is 4.25. The highest BCUT2D eigenvalue weighted by Gasteiger charge is 2.33. The molecule has 138 valence electrons. The molecule has 1 fully saturated rings. The number of nitrogens with one attached hydrogen (secondary N) is 1. The van der Waals surface area contributed by atoms with Crippen LogP contribution in [0.25, 0.3) is 4.96 Å². The molecule has 0 radical (unpaired) electrons. The summed E-state index contributed by atoms with van der Waals surface area (Å²) in [6.07, 6.45) is 4.51. The maximum Gasteiger partial charge on any atom is 0.235 e. The summed E-state index contributed by atoms with van der Waals surface area (Å²) in [5.41, 5.74) is 1.19. The smallest absolute Gasteiger partial charge is 0.235 e. The van der Waals surface area contributed by atoms with E-state index in [1.807, 2.05) is 19.1 Å². The molecule has 0 aliphatic carbocycles. The SMILES string of the molecule is CCc1nc2sc([C@H](c3ccc(OC)cc3)[NH+]3CCCCC3)c(O)n2n1. The molecule has 1 aliphatic heterocycles. The van der Waals surface area contributed by atoms with Gasteiger partial charge in [0, 0.05) is 12.0 Å². The molecule has 2 aromatic heterocycles. The number of quaternary nitrogens is 1. The van der Waals surface area contributed by atoms with Crippen LogP contribution in [0.1, 0.15) is 48.5 Å². The highest BCUT2D eigenvalue weighted by Crippen LogP contribution is 2.35. The number of aromatic nitrogens is 3. The Morgan fingerprint density at radius 3 is 2.58 bits per heavy atom. The number of thiazole rings is 1. The number of fused-ring (bicyclic) bond motifs is 1. The molecule has 7 heteroatoms. The van der Waals surface area contributed by atoms with Gasteiger partial charge in [0.1, 0.15) is 10.6 Å². The lowest BCUT2D eigenvalue weighted by Gasteiger charge is -2.31. The number of likely N-dealkylation sites (tertiary alicyclic amines) is 1. The third-order valence-electron chi connectivity index (χ3n) is 5.18. The van der Waals surface area contributed by atoms with Gasteiger partial charge in [-0.05, 0) is 43.5 Å². The number of methoxy groups -OCH3 is 1. The number of benzene rings is 1. The molecule has 0 saturated carbocycles. The Hall–Kier alpha value is -2.12. The summed E-state index contributed by atoms with van der Waals surface area (Å²) in [6, 6.07) is 8.31. The van der Waals surface area contributed by atoms with E-state index in [1.54, 1.807) is 23.0 Å². The van der Waals surface area contributed by atoms with Gasteiger partial charge in [-0.3, -0.25) is 0 Å². The van der Waals surface area contributed by atoms with Crippen LogP contribution in [0.15, 0.2) is 24.3 Å². The van der Waals surface area contributed by atoms with Gasteiger partial charge in [0.25, 0.3) is 0 Å². The largest absolute Gasteiger partial charge is 0.497 e. The van der Waals surface area contributed by atoms with Gasteiger partial charge in [-0.1, -0.05) is 18.3 Å². The van der Waals surface area contributed by atoms with E-state index in [4.69, 9.17) is 4.74 Å². The van der Waals surface area contributed by atoms with Crippen molar-refractivity contribution in [2.75, 3.05) is 20.2 Å². The second-order valence-corrected chi connectivity index (χ2v) is 7.80. The third-order valence-corrected chi connectivity index (χ3v) is 6.26. The zero-order valence-corrected chi connectivity index (χ0v) is 16.1. The molecule has 0 unspecified atom stereocenters. The lowest BCUT2D eigenvalue weighted by Crippen LogP contribution is -3.13. The Bertz CT molecular complexity index is 881. The molecule has 3 heterocycles. The Kier molecular flexibility index (Phi) is 4.82. The fourth-order valence-electron chi connectivity index (χ4n) is 3.79. The van der Waals surface area contributed by atoms with E-state index in [-0.39, 0.29) is 11.9 Å². The molecule has 6 nitrogen and oxygen atoms in total. The van der Waals surface area contributed by atoms with E-state index in [0.29, 0.717) is 0 Å². The van der Waals surface area contributed by atoms with Crippen LogP contribution in [0.2, 0.25) is 0 Å². The molecule has 1 atom stereocenters. The summed E-state index contributed by atoms with van der Waals surface area (Å²) < 4.78 is 6.90. The summed E-state index contributed by atoms with van der Waals surface area (Å²) in [4.78, 5) is 7.76. The normalized spacial score (nSPS) is 16.8. The predicted octanol–water partition coefficient (Wildman–Crippen LogP) is 2.23. The van der Waals surface area contributed by atoms with Crippen molar-refractivity contribution in [1.29, 1.82) is 0 Å². The van der Waals surface area contributed by atoms with Gasteiger partial charge in [0.15, 0.2) is 11.9 Å². The number of rotatable bonds is 5. The van der Waals surface area contributed by atoms with Crippen LogP contribution < -0.4 is 9.64 Å². The van der Waals surface area contributed by atoms with Crippen LogP contribution in [0.3, 0.4) is 0 Å². The van der Waals surface area contributed by atoms with Crippen molar-refractivity contribution in [3.8, 4) is 11.6 Å². The van der Waals surface area contributed by atoms with E-state index in [2.05, 4.69) is 22.2 Å². The van der Waals surface area contributed by atoms with Crippen LogP contribution in [-0.4, -0.2) is 39.9 Å². The van der Waals surface area contributed by atoms with Gasteiger partial charge >= 0.3 is 0 Å². The number of piperidine rings is 1. The van der Waals surface area contributed by atoms with Crippen LogP contribution in [-0.2, 0) is 6.42 Å². The van der Waals surface area contributed by atoms with Crippen molar-refractivity contribution in [2.24, 2.45) is 0 Å². The number of ether oxygens (including phenoxy) is 1. The molecule has 0 bridgehead atoms. The van der Waals surface area contributed by atoms with Crippen molar-refractivity contribution < 1.29 is 14.7 Å². The van der Waals surface area contributed by atoms with Crippen molar-refractivity contribution >= 4 is 16.3 Å². The molecule has 1 aromatic carbocycles. The minimum absolute atomic E-state index is 0.0970. The number of aromatic hydroxyl groups is 1. The zero-order valence-electron chi connectivity index (χ0n) is 15.2. The van der Waals surface area contributed by atoms with Crippen molar-refractivity contribution in [3.05, 3.63) is 40.5 Å². The quantitative estimate of drug-likeness (QED) is 0.720. The van der Waals surface area contributed by atoms with E-state index >= 15 is 0 Å². The van der Waals surface area contributed by atoms with Crippen LogP contribution in [0, 0.1) is 0 Å². The van der Waals surface area contributed by atoms with Crippen molar-refractivity contribution in [1.82, 2.24) is 14.6 Å². The second-order valence-electron chi connectivity index (χ2n) is 6.79. The van der Waals surface area contributed by atoms with E-state index in [9.17, 15) is 5.11 Å². The Labute approximate surface area is 157 Å². The van der Waals surface area contributed by atoms with Gasteiger partial charge < -0.3 is 14.7 Å². The molecule has 1 aliphatic rings. The average Bonchev–Trinajstić information content (AvgIpc) is 3.23. The summed E-state index contributed by atoms with van der Waals surface area (Å²) in [7, 11) is 1.68. The van der Waals surface area contributed by atoms with E-state index < -0.39 is 0 Å². The Morgan fingerprint density at radius 1 is 1.23 bits per heavy atom. The minimum atomic E-state index is 0.0970. The summed E-state index contributed by atoms with van der Waals surface area (Å²) in [5, 5.41) is 15.3. The molecule has 1 saturated heterocycles. The topological polar surface area (TPSA) is 64.1 Å². The van der Waals surface area contributed by atoms with Crippen molar-refractivity contribution in [2.45, 2.75) is 38.6 Å². The number of aryl methyl sites for hydroxylation is 1. The predicted molar refractivity (Wildman–Crippen MR) is 101 cm³/mol. The monoisotopic (exact) mass is 373 g/mol. The standard InChI is InChI=1S/C19H24N4O2S/c1-3-15-20-19-23(21-15)18(24)17(26-19)16(22-11-5-4-6-12-22)13-7-9-14(25-2)10-8-13/h7-10,16,24H,3-6,11-12H2,1-2H3/p+1/t16-/m0/s1. The second kappa shape index (κ2) is 7.25. The first-order valence-electron chi connectivity index (χ1n) is 9.27. The average molecular weight is 374 g/mol. The van der Waals surface area contributed by atoms with Crippen LogP contribution >= 0.6 is 11.3 Å².